The molecule has 0 unspecified atom stereocenters. The van der Waals surface area contributed by atoms with E-state index in [9.17, 15) is 4.79 Å². The molecule has 0 N–H and O–H groups in total. The van der Waals surface area contributed by atoms with Gasteiger partial charge in [0.05, 0.1) is 13.7 Å². The number of amides is 1. The lowest BCUT2D eigenvalue weighted by Gasteiger charge is -2.08. The van der Waals surface area contributed by atoms with E-state index in [1.165, 1.54) is 7.11 Å². The Morgan fingerprint density at radius 1 is 1.64 bits per heavy atom. The van der Waals surface area contributed by atoms with Crippen molar-refractivity contribution in [2.24, 2.45) is 0 Å². The number of hydrogen-bond donors (Lipinski definition) is 0. The summed E-state index contributed by atoms with van der Waals surface area (Å²) in [5.74, 6) is 0.409. The molecule has 0 aromatic heterocycles. The molecule has 0 aromatic rings. The fourth-order valence-electron chi connectivity index (χ4n) is 0.404. The first-order valence-electron chi connectivity index (χ1n) is 2.94. The van der Waals surface area contributed by atoms with Crippen molar-refractivity contribution < 1.29 is 9.53 Å². The van der Waals surface area contributed by atoms with Gasteiger partial charge in [0.2, 0.25) is 0 Å². The molecule has 3 nitrogen and oxygen atoms in total. The Kier molecular flexibility index (Phi) is 6.07. The van der Waals surface area contributed by atoms with Crippen molar-refractivity contribution in [3.8, 4) is 0 Å². The minimum Gasteiger partial charge on any atom is -0.452 e. The van der Waals surface area contributed by atoms with E-state index in [2.05, 4.69) is 4.74 Å². The van der Waals surface area contributed by atoms with Gasteiger partial charge in [-0.1, -0.05) is 12.2 Å². The third-order valence-corrected chi connectivity index (χ3v) is 1.35. The van der Waals surface area contributed by atoms with Crippen LogP contribution in [-0.2, 0) is 4.74 Å². The van der Waals surface area contributed by atoms with Crippen molar-refractivity contribution >= 4 is 29.5 Å². The molecule has 0 aliphatic carbocycles. The number of rotatable bonds is 3. The van der Waals surface area contributed by atoms with Gasteiger partial charge in [-0.2, -0.15) is 0 Å². The molecule has 0 aliphatic heterocycles. The van der Waals surface area contributed by atoms with Crippen LogP contribution in [0.25, 0.3) is 0 Å². The summed E-state index contributed by atoms with van der Waals surface area (Å²) in [7, 11) is 1.27. The third kappa shape index (κ3) is 4.93. The number of nitrogens with zero attached hydrogens (tertiary/aromatic N) is 1. The van der Waals surface area contributed by atoms with Gasteiger partial charge >= 0.3 is 6.09 Å². The Morgan fingerprint density at radius 3 is 2.73 bits per heavy atom. The maximum absolute atomic E-state index is 10.6. The number of allylic oxidation sites excluding steroid dienone is 1. The van der Waals surface area contributed by atoms with Crippen molar-refractivity contribution in [2.75, 3.05) is 19.5 Å². The van der Waals surface area contributed by atoms with Crippen LogP contribution in [0.5, 0.6) is 0 Å². The number of carbonyl (C=O) groups is 1. The number of hydrogen-bond acceptors (Lipinski definition) is 2. The van der Waals surface area contributed by atoms with Crippen LogP contribution in [0.4, 0.5) is 4.79 Å². The predicted octanol–water partition coefficient (Wildman–Crippen LogP) is 2.00. The van der Waals surface area contributed by atoms with E-state index in [1.54, 1.807) is 12.2 Å². The van der Waals surface area contributed by atoms with E-state index in [0.29, 0.717) is 12.4 Å². The van der Waals surface area contributed by atoms with Crippen molar-refractivity contribution in [1.82, 2.24) is 4.42 Å². The van der Waals surface area contributed by atoms with Gasteiger partial charge in [0.25, 0.3) is 0 Å². The molecule has 11 heavy (non-hydrogen) atoms. The molecule has 0 saturated heterocycles. The van der Waals surface area contributed by atoms with Crippen LogP contribution in [-0.4, -0.2) is 30.0 Å². The summed E-state index contributed by atoms with van der Waals surface area (Å²) in [6.45, 7) is 0.293. The van der Waals surface area contributed by atoms with E-state index < -0.39 is 6.09 Å². The largest absolute Gasteiger partial charge is 0.452 e. The van der Waals surface area contributed by atoms with Crippen LogP contribution < -0.4 is 0 Å². The van der Waals surface area contributed by atoms with Crippen molar-refractivity contribution in [3.63, 3.8) is 0 Å². The SMILES string of the molecule is COC(=O)N(Cl)C/C=C/CCl. The highest BCUT2D eigenvalue weighted by atomic mass is 35.5. The first-order valence-corrected chi connectivity index (χ1v) is 3.82. The summed E-state index contributed by atoms with van der Waals surface area (Å²) in [5, 5.41) is 0. The number of ether oxygens (including phenoxy) is 1. The van der Waals surface area contributed by atoms with E-state index in [0.717, 1.165) is 4.42 Å². The number of methoxy groups -OCH3 is 1. The van der Waals surface area contributed by atoms with Crippen LogP contribution in [0.2, 0.25) is 0 Å². The molecule has 0 spiro atoms. The molecule has 0 radical (unpaired) electrons. The second-order valence-corrected chi connectivity index (χ2v) is 2.36. The van der Waals surface area contributed by atoms with Gasteiger partial charge < -0.3 is 4.74 Å². The van der Waals surface area contributed by atoms with Gasteiger partial charge in [-0.25, -0.2) is 9.21 Å². The number of halogens is 2. The van der Waals surface area contributed by atoms with Gasteiger partial charge in [0.15, 0.2) is 0 Å². The summed E-state index contributed by atoms with van der Waals surface area (Å²) in [5.41, 5.74) is 0. The minimum atomic E-state index is -0.578. The first kappa shape index (κ1) is 10.6. The molecule has 0 bridgehead atoms. The van der Waals surface area contributed by atoms with Crippen LogP contribution in [0.1, 0.15) is 0 Å². The fraction of sp³-hybridized carbons (Fsp3) is 0.500. The summed E-state index contributed by atoms with van der Waals surface area (Å²) in [6.07, 6.45) is 2.79. The molecule has 0 aliphatic rings. The third-order valence-electron chi connectivity index (χ3n) is 0.894. The Labute approximate surface area is 75.6 Å². The van der Waals surface area contributed by atoms with Gasteiger partial charge in [-0.05, 0) is 0 Å². The lowest BCUT2D eigenvalue weighted by Crippen LogP contribution is -2.20. The molecular formula is C6H9Cl2NO2. The quantitative estimate of drug-likeness (QED) is 0.394. The molecule has 0 aromatic carbocycles. The highest BCUT2D eigenvalue weighted by Crippen LogP contribution is 1.97. The zero-order valence-corrected chi connectivity index (χ0v) is 7.60. The summed E-state index contributed by atoms with van der Waals surface area (Å²) in [4.78, 5) is 10.6. The predicted molar refractivity (Wildman–Crippen MR) is 44.8 cm³/mol. The van der Waals surface area contributed by atoms with E-state index in [1.807, 2.05) is 0 Å². The normalized spacial score (nSPS) is 10.1. The van der Waals surface area contributed by atoms with E-state index in [-0.39, 0.29) is 0 Å². The summed E-state index contributed by atoms with van der Waals surface area (Å²) in [6, 6.07) is 0. The second-order valence-electron chi connectivity index (χ2n) is 1.64. The maximum Gasteiger partial charge on any atom is 0.424 e. The van der Waals surface area contributed by atoms with Crippen LogP contribution >= 0.6 is 23.4 Å². The van der Waals surface area contributed by atoms with E-state index in [4.69, 9.17) is 23.4 Å². The van der Waals surface area contributed by atoms with Crippen LogP contribution in [0.3, 0.4) is 0 Å². The van der Waals surface area contributed by atoms with Gasteiger partial charge in [-0.3, -0.25) is 0 Å². The molecule has 0 saturated carbocycles. The first-order chi connectivity index (χ1) is 5.22. The Hall–Kier alpha value is -0.410. The van der Waals surface area contributed by atoms with Crippen molar-refractivity contribution in [2.45, 2.75) is 0 Å². The summed E-state index contributed by atoms with van der Waals surface area (Å²) >= 11 is 10.8. The lowest BCUT2D eigenvalue weighted by atomic mass is 10.5. The van der Waals surface area contributed by atoms with Crippen molar-refractivity contribution in [3.05, 3.63) is 12.2 Å². The number of carbonyl (C=O) groups excluding carboxylic acids is 1. The Morgan fingerprint density at radius 2 is 2.27 bits per heavy atom. The number of alkyl halides is 1. The second kappa shape index (κ2) is 6.31. The Balaban J connectivity index is 3.59. The highest BCUT2D eigenvalue weighted by Gasteiger charge is 2.06. The maximum atomic E-state index is 10.6. The molecule has 64 valence electrons. The molecule has 1 amide bonds. The standard InChI is InChI=1S/C6H9Cl2NO2/c1-11-6(10)9(8)5-3-2-4-7/h2-3H,4-5H2,1H3/b3-2+. The van der Waals surface area contributed by atoms with Crippen molar-refractivity contribution in [1.29, 1.82) is 0 Å². The molecule has 0 atom stereocenters. The average Bonchev–Trinajstić information content (AvgIpc) is 2.03. The Bertz CT molecular complexity index is 150. The monoisotopic (exact) mass is 197 g/mol. The molecule has 0 rings (SSSR count). The van der Waals surface area contributed by atoms with E-state index >= 15 is 0 Å². The van der Waals surface area contributed by atoms with Crippen LogP contribution in [0.15, 0.2) is 12.2 Å². The smallest absolute Gasteiger partial charge is 0.424 e. The van der Waals surface area contributed by atoms with Gasteiger partial charge in [0.1, 0.15) is 0 Å². The zero-order chi connectivity index (χ0) is 8.69. The fourth-order valence-corrected chi connectivity index (χ4v) is 0.678. The minimum absolute atomic E-state index is 0.293. The molecule has 0 fully saturated rings. The topological polar surface area (TPSA) is 29.5 Å². The zero-order valence-electron chi connectivity index (χ0n) is 6.09. The van der Waals surface area contributed by atoms with Gasteiger partial charge in [-0.15, -0.1) is 11.6 Å². The van der Waals surface area contributed by atoms with Crippen LogP contribution in [0, 0.1) is 0 Å². The average molecular weight is 198 g/mol. The lowest BCUT2D eigenvalue weighted by molar-refractivity contribution is 0.152. The molecule has 0 heterocycles. The highest BCUT2D eigenvalue weighted by molar-refractivity contribution is 6.20. The summed E-state index contributed by atoms with van der Waals surface area (Å²) < 4.78 is 5.25. The molecular weight excluding hydrogens is 189 g/mol. The molecule has 5 heteroatoms. The van der Waals surface area contributed by atoms with Gasteiger partial charge in [0, 0.05) is 17.7 Å².